The van der Waals surface area contributed by atoms with E-state index in [9.17, 15) is 5.11 Å². The van der Waals surface area contributed by atoms with E-state index >= 15 is 0 Å². The van der Waals surface area contributed by atoms with Gasteiger partial charge in [0, 0.05) is 56.2 Å². The molecule has 1 fully saturated rings. The number of ether oxygens (including phenoxy) is 1. The van der Waals surface area contributed by atoms with Crippen LogP contribution >= 0.6 is 0 Å². The van der Waals surface area contributed by atoms with Gasteiger partial charge in [0.05, 0.1) is 25.5 Å². The van der Waals surface area contributed by atoms with Gasteiger partial charge in [-0.15, -0.1) is 0 Å². The minimum absolute atomic E-state index is 0.0165. The van der Waals surface area contributed by atoms with Crippen LogP contribution in [0.1, 0.15) is 6.92 Å². The highest BCUT2D eigenvalue weighted by Crippen LogP contribution is 2.21. The molecule has 0 saturated carbocycles. The third kappa shape index (κ3) is 5.35. The van der Waals surface area contributed by atoms with Crippen LogP contribution in [0.4, 0.5) is 11.8 Å². The SMILES string of the molecule is C[C@@H](CO)Nc1nc(NCCN2CCOCC2)cc(-c2ccncc2)n1. The molecule has 0 unspecified atom stereocenters. The number of aromatic nitrogens is 3. The lowest BCUT2D eigenvalue weighted by Crippen LogP contribution is -2.39. The van der Waals surface area contributed by atoms with Crippen LogP contribution in [-0.4, -0.2) is 77.0 Å². The summed E-state index contributed by atoms with van der Waals surface area (Å²) in [6, 6.07) is 5.64. The lowest BCUT2D eigenvalue weighted by Gasteiger charge is -2.26. The molecular formula is C18H26N6O2. The zero-order valence-corrected chi connectivity index (χ0v) is 15.1. The number of rotatable bonds is 8. The average molecular weight is 358 g/mol. The van der Waals surface area contributed by atoms with Crippen molar-refractivity contribution in [3.63, 3.8) is 0 Å². The molecule has 0 spiro atoms. The van der Waals surface area contributed by atoms with Gasteiger partial charge >= 0.3 is 0 Å². The molecule has 0 amide bonds. The Bertz CT molecular complexity index is 679. The molecule has 3 N–H and O–H groups in total. The molecule has 0 bridgehead atoms. The first kappa shape index (κ1) is 18.5. The van der Waals surface area contributed by atoms with E-state index in [-0.39, 0.29) is 12.6 Å². The molecular weight excluding hydrogens is 332 g/mol. The second-order valence-corrected chi connectivity index (χ2v) is 6.31. The summed E-state index contributed by atoms with van der Waals surface area (Å²) in [5, 5.41) is 15.8. The van der Waals surface area contributed by atoms with Crippen LogP contribution in [0.3, 0.4) is 0 Å². The van der Waals surface area contributed by atoms with Gasteiger partial charge in [-0.3, -0.25) is 9.88 Å². The first-order valence-electron chi connectivity index (χ1n) is 8.95. The van der Waals surface area contributed by atoms with Crippen molar-refractivity contribution in [3.8, 4) is 11.3 Å². The van der Waals surface area contributed by atoms with Gasteiger partial charge in [0.2, 0.25) is 5.95 Å². The summed E-state index contributed by atoms with van der Waals surface area (Å²) >= 11 is 0. The van der Waals surface area contributed by atoms with Gasteiger partial charge in [-0.05, 0) is 19.1 Å². The number of hydrogen-bond acceptors (Lipinski definition) is 8. The zero-order chi connectivity index (χ0) is 18.2. The maximum atomic E-state index is 9.28. The van der Waals surface area contributed by atoms with Crippen LogP contribution in [0.2, 0.25) is 0 Å². The molecule has 1 saturated heterocycles. The van der Waals surface area contributed by atoms with E-state index in [4.69, 9.17) is 4.74 Å². The van der Waals surface area contributed by atoms with Crippen molar-refractivity contribution in [3.05, 3.63) is 30.6 Å². The van der Waals surface area contributed by atoms with Gasteiger partial charge in [-0.25, -0.2) is 4.98 Å². The fraction of sp³-hybridized carbons (Fsp3) is 0.500. The smallest absolute Gasteiger partial charge is 0.225 e. The number of pyridine rings is 1. The molecule has 140 valence electrons. The Balaban J connectivity index is 1.71. The summed E-state index contributed by atoms with van der Waals surface area (Å²) in [6.45, 7) is 7.16. The van der Waals surface area contributed by atoms with Gasteiger partial charge in [0.1, 0.15) is 5.82 Å². The fourth-order valence-electron chi connectivity index (χ4n) is 2.71. The lowest BCUT2D eigenvalue weighted by atomic mass is 10.2. The van der Waals surface area contributed by atoms with Gasteiger partial charge in [-0.2, -0.15) is 4.98 Å². The minimum atomic E-state index is -0.121. The highest BCUT2D eigenvalue weighted by Gasteiger charge is 2.11. The van der Waals surface area contributed by atoms with E-state index in [0.29, 0.717) is 5.95 Å². The second-order valence-electron chi connectivity index (χ2n) is 6.31. The van der Waals surface area contributed by atoms with Gasteiger partial charge in [0.25, 0.3) is 0 Å². The number of aliphatic hydroxyl groups excluding tert-OH is 1. The van der Waals surface area contributed by atoms with E-state index in [1.807, 2.05) is 25.1 Å². The van der Waals surface area contributed by atoms with E-state index in [2.05, 4.69) is 30.5 Å². The third-order valence-electron chi connectivity index (χ3n) is 4.19. The minimum Gasteiger partial charge on any atom is -0.394 e. The maximum Gasteiger partial charge on any atom is 0.225 e. The summed E-state index contributed by atoms with van der Waals surface area (Å²) in [6.07, 6.45) is 3.48. The van der Waals surface area contributed by atoms with Crippen molar-refractivity contribution in [2.24, 2.45) is 0 Å². The molecule has 8 heteroatoms. The van der Waals surface area contributed by atoms with Gasteiger partial charge in [0.15, 0.2) is 0 Å². The lowest BCUT2D eigenvalue weighted by molar-refractivity contribution is 0.0398. The number of aliphatic hydroxyl groups is 1. The molecule has 1 aliphatic rings. The van der Waals surface area contributed by atoms with Crippen LogP contribution < -0.4 is 10.6 Å². The third-order valence-corrected chi connectivity index (χ3v) is 4.19. The number of nitrogens with one attached hydrogen (secondary N) is 2. The molecule has 2 aromatic heterocycles. The topological polar surface area (TPSA) is 95.4 Å². The Morgan fingerprint density at radius 2 is 2.00 bits per heavy atom. The Labute approximate surface area is 153 Å². The highest BCUT2D eigenvalue weighted by atomic mass is 16.5. The molecule has 26 heavy (non-hydrogen) atoms. The average Bonchev–Trinajstić information content (AvgIpc) is 2.69. The molecule has 0 radical (unpaired) electrons. The fourth-order valence-corrected chi connectivity index (χ4v) is 2.71. The molecule has 8 nitrogen and oxygen atoms in total. The molecule has 0 aromatic carbocycles. The standard InChI is InChI=1S/C18H26N6O2/c1-14(13-25)21-18-22-16(15-2-4-19-5-3-15)12-17(23-18)20-6-7-24-8-10-26-11-9-24/h2-5,12,14,25H,6-11,13H2,1H3,(H2,20,21,22,23)/t14-/m0/s1. The Morgan fingerprint density at radius 3 is 2.73 bits per heavy atom. The van der Waals surface area contributed by atoms with E-state index < -0.39 is 0 Å². The summed E-state index contributed by atoms with van der Waals surface area (Å²) in [4.78, 5) is 15.5. The van der Waals surface area contributed by atoms with Crippen LogP contribution in [0.25, 0.3) is 11.3 Å². The van der Waals surface area contributed by atoms with Crippen molar-refractivity contribution in [1.82, 2.24) is 19.9 Å². The van der Waals surface area contributed by atoms with E-state index in [1.165, 1.54) is 0 Å². The van der Waals surface area contributed by atoms with E-state index in [0.717, 1.165) is 56.5 Å². The second kappa shape index (κ2) is 9.42. The maximum absolute atomic E-state index is 9.28. The monoisotopic (exact) mass is 358 g/mol. The largest absolute Gasteiger partial charge is 0.394 e. The summed E-state index contributed by atoms with van der Waals surface area (Å²) in [5.74, 6) is 1.25. The summed E-state index contributed by atoms with van der Waals surface area (Å²) in [5.41, 5.74) is 1.78. The number of morpholine rings is 1. The van der Waals surface area contributed by atoms with Gasteiger partial charge in [-0.1, -0.05) is 0 Å². The predicted molar refractivity (Wildman–Crippen MR) is 101 cm³/mol. The Morgan fingerprint density at radius 1 is 1.23 bits per heavy atom. The first-order valence-corrected chi connectivity index (χ1v) is 8.95. The van der Waals surface area contributed by atoms with Crippen LogP contribution in [0.15, 0.2) is 30.6 Å². The molecule has 3 heterocycles. The normalized spacial score (nSPS) is 16.2. The number of hydrogen-bond donors (Lipinski definition) is 3. The Kier molecular flexibility index (Phi) is 6.70. The van der Waals surface area contributed by atoms with Crippen molar-refractivity contribution in [1.29, 1.82) is 0 Å². The van der Waals surface area contributed by atoms with Gasteiger partial charge < -0.3 is 20.5 Å². The van der Waals surface area contributed by atoms with Crippen LogP contribution in [-0.2, 0) is 4.74 Å². The quantitative estimate of drug-likeness (QED) is 0.645. The van der Waals surface area contributed by atoms with E-state index in [1.54, 1.807) is 12.4 Å². The van der Waals surface area contributed by atoms with Crippen molar-refractivity contribution >= 4 is 11.8 Å². The molecule has 3 rings (SSSR count). The molecule has 2 aromatic rings. The summed E-state index contributed by atoms with van der Waals surface area (Å²) in [7, 11) is 0. The summed E-state index contributed by atoms with van der Waals surface area (Å²) < 4.78 is 5.38. The number of anilines is 2. The van der Waals surface area contributed by atoms with Crippen LogP contribution in [0.5, 0.6) is 0 Å². The zero-order valence-electron chi connectivity index (χ0n) is 15.1. The molecule has 1 atom stereocenters. The predicted octanol–water partition coefficient (Wildman–Crippen LogP) is 1.08. The van der Waals surface area contributed by atoms with Crippen LogP contribution in [0, 0.1) is 0 Å². The van der Waals surface area contributed by atoms with Crippen molar-refractivity contribution < 1.29 is 9.84 Å². The highest BCUT2D eigenvalue weighted by molar-refractivity contribution is 5.63. The Hall–Kier alpha value is -2.29. The molecule has 1 aliphatic heterocycles. The first-order chi connectivity index (χ1) is 12.7. The number of nitrogens with zero attached hydrogens (tertiary/aromatic N) is 4. The van der Waals surface area contributed by atoms with Crippen molar-refractivity contribution in [2.75, 3.05) is 56.6 Å². The molecule has 0 aliphatic carbocycles. The van der Waals surface area contributed by atoms with Crippen molar-refractivity contribution in [2.45, 2.75) is 13.0 Å².